The standard InChI is InChI=1S/C7H4ClNO2/c1-5(9-4-10)6-2-3-7(8)11-6/h2-3H,1H2. The first-order chi connectivity index (χ1) is 5.24. The van der Waals surface area contributed by atoms with Gasteiger partial charge in [-0.15, -0.1) is 0 Å². The summed E-state index contributed by atoms with van der Waals surface area (Å²) < 4.78 is 4.89. The lowest BCUT2D eigenvalue weighted by Gasteiger charge is -1.87. The van der Waals surface area contributed by atoms with E-state index in [0.717, 1.165) is 0 Å². The number of hydrogen-bond donors (Lipinski definition) is 0. The summed E-state index contributed by atoms with van der Waals surface area (Å²) in [5, 5.41) is 0.238. The maximum atomic E-state index is 9.77. The molecule has 3 nitrogen and oxygen atoms in total. The van der Waals surface area contributed by atoms with E-state index in [4.69, 9.17) is 16.0 Å². The number of halogens is 1. The van der Waals surface area contributed by atoms with E-state index in [1.165, 1.54) is 6.08 Å². The Morgan fingerprint density at radius 1 is 1.73 bits per heavy atom. The largest absolute Gasteiger partial charge is 0.443 e. The number of hydrogen-bond acceptors (Lipinski definition) is 3. The Hall–Kier alpha value is -1.31. The van der Waals surface area contributed by atoms with Gasteiger partial charge in [0.25, 0.3) is 0 Å². The van der Waals surface area contributed by atoms with Crippen LogP contribution in [0.5, 0.6) is 0 Å². The van der Waals surface area contributed by atoms with Crippen LogP contribution in [-0.2, 0) is 4.79 Å². The van der Waals surface area contributed by atoms with E-state index in [1.807, 2.05) is 0 Å². The predicted octanol–water partition coefficient (Wildman–Crippen LogP) is 2.24. The Balaban J connectivity index is 2.93. The molecule has 0 aliphatic heterocycles. The van der Waals surface area contributed by atoms with E-state index in [0.29, 0.717) is 5.76 Å². The number of nitrogens with zero attached hydrogens (tertiary/aromatic N) is 1. The molecule has 0 fully saturated rings. The first kappa shape index (κ1) is 7.79. The number of rotatable bonds is 2. The molecule has 0 bridgehead atoms. The number of furan rings is 1. The average molecular weight is 170 g/mol. The quantitative estimate of drug-likeness (QED) is 0.503. The lowest BCUT2D eigenvalue weighted by atomic mass is 10.4. The minimum Gasteiger partial charge on any atom is -0.443 e. The zero-order chi connectivity index (χ0) is 8.27. The molecule has 1 rings (SSSR count). The molecule has 0 spiro atoms. The Bertz CT molecular complexity index is 323. The fourth-order valence-electron chi connectivity index (χ4n) is 0.580. The molecule has 1 aromatic rings. The maximum Gasteiger partial charge on any atom is 0.240 e. The molecular formula is C7H4ClNO2. The van der Waals surface area contributed by atoms with Crippen LogP contribution in [0.4, 0.5) is 0 Å². The Morgan fingerprint density at radius 3 is 2.91 bits per heavy atom. The summed E-state index contributed by atoms with van der Waals surface area (Å²) in [4.78, 5) is 13.0. The van der Waals surface area contributed by atoms with Crippen LogP contribution in [-0.4, -0.2) is 6.08 Å². The molecule has 0 radical (unpaired) electrons. The monoisotopic (exact) mass is 169 g/mol. The fourth-order valence-corrected chi connectivity index (χ4v) is 0.726. The molecule has 0 atom stereocenters. The zero-order valence-corrected chi connectivity index (χ0v) is 6.26. The van der Waals surface area contributed by atoms with Crippen molar-refractivity contribution in [1.82, 2.24) is 0 Å². The normalized spacial score (nSPS) is 8.82. The van der Waals surface area contributed by atoms with Gasteiger partial charge in [-0.05, 0) is 23.7 Å². The van der Waals surface area contributed by atoms with Crippen molar-refractivity contribution in [2.75, 3.05) is 0 Å². The van der Waals surface area contributed by atoms with Gasteiger partial charge in [-0.1, -0.05) is 6.58 Å². The Labute approximate surface area is 68.0 Å². The summed E-state index contributed by atoms with van der Waals surface area (Å²) in [6, 6.07) is 3.12. The van der Waals surface area contributed by atoms with Crippen LogP contribution in [0.25, 0.3) is 5.70 Å². The van der Waals surface area contributed by atoms with Crippen molar-refractivity contribution in [1.29, 1.82) is 0 Å². The molecule has 0 unspecified atom stereocenters. The van der Waals surface area contributed by atoms with Crippen molar-refractivity contribution in [2.24, 2.45) is 4.99 Å². The average Bonchev–Trinajstić information content (AvgIpc) is 2.36. The molecule has 11 heavy (non-hydrogen) atoms. The second-order valence-electron chi connectivity index (χ2n) is 1.75. The molecule has 0 amide bonds. The van der Waals surface area contributed by atoms with Gasteiger partial charge in [-0.3, -0.25) is 0 Å². The van der Waals surface area contributed by atoms with Gasteiger partial charge in [0, 0.05) is 0 Å². The van der Waals surface area contributed by atoms with Gasteiger partial charge in [0.1, 0.15) is 5.70 Å². The van der Waals surface area contributed by atoms with Crippen molar-refractivity contribution >= 4 is 23.4 Å². The van der Waals surface area contributed by atoms with Crippen LogP contribution in [0.2, 0.25) is 5.22 Å². The highest BCUT2D eigenvalue weighted by molar-refractivity contribution is 6.28. The van der Waals surface area contributed by atoms with Crippen molar-refractivity contribution < 1.29 is 9.21 Å². The minimum absolute atomic E-state index is 0.215. The first-order valence-electron chi connectivity index (χ1n) is 2.76. The summed E-state index contributed by atoms with van der Waals surface area (Å²) in [5.41, 5.74) is 0.215. The summed E-state index contributed by atoms with van der Waals surface area (Å²) >= 11 is 5.46. The van der Waals surface area contributed by atoms with E-state index in [2.05, 4.69) is 11.6 Å². The molecule has 1 aromatic heterocycles. The summed E-state index contributed by atoms with van der Waals surface area (Å²) in [7, 11) is 0. The lowest BCUT2D eigenvalue weighted by Crippen LogP contribution is -1.70. The molecule has 56 valence electrons. The van der Waals surface area contributed by atoms with E-state index < -0.39 is 0 Å². The second-order valence-corrected chi connectivity index (χ2v) is 2.13. The van der Waals surface area contributed by atoms with Gasteiger partial charge >= 0.3 is 0 Å². The molecule has 0 N–H and O–H groups in total. The molecular weight excluding hydrogens is 166 g/mol. The highest BCUT2D eigenvalue weighted by Crippen LogP contribution is 2.19. The third kappa shape index (κ3) is 1.80. The van der Waals surface area contributed by atoms with Crippen molar-refractivity contribution in [3.63, 3.8) is 0 Å². The van der Waals surface area contributed by atoms with Crippen molar-refractivity contribution in [2.45, 2.75) is 0 Å². The molecule has 0 aromatic carbocycles. The number of aliphatic imine (C=N–C) groups is 1. The van der Waals surface area contributed by atoms with Crippen LogP contribution < -0.4 is 0 Å². The molecule has 1 heterocycles. The van der Waals surface area contributed by atoms with E-state index >= 15 is 0 Å². The van der Waals surface area contributed by atoms with E-state index in [-0.39, 0.29) is 10.9 Å². The van der Waals surface area contributed by atoms with E-state index in [9.17, 15) is 4.79 Å². The SMILES string of the molecule is C=C(N=C=O)c1ccc(Cl)o1. The van der Waals surface area contributed by atoms with Gasteiger partial charge in [0.2, 0.25) is 6.08 Å². The van der Waals surface area contributed by atoms with Gasteiger partial charge in [-0.25, -0.2) is 4.79 Å². The highest BCUT2D eigenvalue weighted by Gasteiger charge is 2.01. The summed E-state index contributed by atoms with van der Waals surface area (Å²) in [6.07, 6.45) is 1.35. The van der Waals surface area contributed by atoms with Crippen LogP contribution in [0.15, 0.2) is 28.1 Å². The third-order valence-electron chi connectivity index (χ3n) is 1.04. The first-order valence-corrected chi connectivity index (χ1v) is 3.14. The molecule has 0 saturated heterocycles. The van der Waals surface area contributed by atoms with Gasteiger partial charge in [0.15, 0.2) is 11.0 Å². The molecule has 4 heteroatoms. The van der Waals surface area contributed by atoms with Gasteiger partial charge < -0.3 is 4.42 Å². The molecule has 0 aliphatic rings. The third-order valence-corrected chi connectivity index (χ3v) is 1.24. The number of isocyanates is 1. The predicted molar refractivity (Wildman–Crippen MR) is 40.9 cm³/mol. The summed E-state index contributed by atoms with van der Waals surface area (Å²) in [5.74, 6) is 0.373. The maximum absolute atomic E-state index is 9.77. The smallest absolute Gasteiger partial charge is 0.240 e. The second kappa shape index (κ2) is 3.19. The summed E-state index contributed by atoms with van der Waals surface area (Å²) in [6.45, 7) is 3.45. The fraction of sp³-hybridized carbons (Fsp3) is 0. The van der Waals surface area contributed by atoms with Crippen LogP contribution in [0.3, 0.4) is 0 Å². The van der Waals surface area contributed by atoms with Crippen LogP contribution in [0, 0.1) is 0 Å². The zero-order valence-electron chi connectivity index (χ0n) is 5.50. The van der Waals surface area contributed by atoms with Crippen LogP contribution in [0.1, 0.15) is 5.76 Å². The van der Waals surface area contributed by atoms with Gasteiger partial charge in [-0.2, -0.15) is 4.99 Å². The molecule has 0 saturated carbocycles. The lowest BCUT2D eigenvalue weighted by molar-refractivity contribution is 0.551. The van der Waals surface area contributed by atoms with Crippen molar-refractivity contribution in [3.8, 4) is 0 Å². The van der Waals surface area contributed by atoms with E-state index in [1.54, 1.807) is 12.1 Å². The molecule has 0 aliphatic carbocycles. The Morgan fingerprint density at radius 2 is 2.45 bits per heavy atom. The Kier molecular flexibility index (Phi) is 2.26. The van der Waals surface area contributed by atoms with Gasteiger partial charge in [0.05, 0.1) is 0 Å². The van der Waals surface area contributed by atoms with Crippen molar-refractivity contribution in [3.05, 3.63) is 29.7 Å². The van der Waals surface area contributed by atoms with Crippen LogP contribution >= 0.6 is 11.6 Å². The minimum atomic E-state index is 0.215. The topological polar surface area (TPSA) is 42.6 Å². The number of carbonyl (C=O) groups excluding carboxylic acids is 1. The highest BCUT2D eigenvalue weighted by atomic mass is 35.5.